The molecule has 2 rings (SSSR count). The molecule has 0 spiro atoms. The number of benzene rings is 1. The third-order valence-corrected chi connectivity index (χ3v) is 3.48. The van der Waals surface area contributed by atoms with E-state index >= 15 is 0 Å². The van der Waals surface area contributed by atoms with Crippen LogP contribution in [0.1, 0.15) is 12.5 Å². The third kappa shape index (κ3) is 4.03. The number of carbonyl (C=O) groups is 2. The quantitative estimate of drug-likeness (QED) is 0.810. The summed E-state index contributed by atoms with van der Waals surface area (Å²) < 4.78 is 5.59. The van der Waals surface area contributed by atoms with Gasteiger partial charge in [0, 0.05) is 18.8 Å². The van der Waals surface area contributed by atoms with Crippen molar-refractivity contribution in [1.82, 2.24) is 5.32 Å². The van der Waals surface area contributed by atoms with Gasteiger partial charge in [0.05, 0.1) is 5.60 Å². The van der Waals surface area contributed by atoms with Crippen LogP contribution >= 0.6 is 0 Å². The minimum atomic E-state index is -1.06. The summed E-state index contributed by atoms with van der Waals surface area (Å²) in [7, 11) is 0. The number of aliphatic carboxylic acids is 1. The van der Waals surface area contributed by atoms with Gasteiger partial charge < -0.3 is 15.2 Å². The highest BCUT2D eigenvalue weighted by Gasteiger charge is 2.33. The van der Waals surface area contributed by atoms with Gasteiger partial charge in [0.15, 0.2) is 0 Å². The first-order chi connectivity index (χ1) is 9.89. The number of carboxylic acid groups (broad SMARTS) is 1. The van der Waals surface area contributed by atoms with Crippen LogP contribution in [-0.2, 0) is 14.3 Å². The van der Waals surface area contributed by atoms with E-state index in [1.165, 1.54) is 4.90 Å². The summed E-state index contributed by atoms with van der Waals surface area (Å²) in [4.78, 5) is 24.5. The normalized spacial score (nSPS) is 16.1. The highest BCUT2D eigenvalue weighted by atomic mass is 16.5. The van der Waals surface area contributed by atoms with Gasteiger partial charge >= 0.3 is 5.97 Å². The summed E-state index contributed by atoms with van der Waals surface area (Å²) in [6.07, 6.45) is 0. The van der Waals surface area contributed by atoms with E-state index in [4.69, 9.17) is 9.84 Å². The Kier molecular flexibility index (Phi) is 4.59. The fourth-order valence-electron chi connectivity index (χ4n) is 2.08. The first kappa shape index (κ1) is 15.5. The summed E-state index contributed by atoms with van der Waals surface area (Å²) in [5, 5.41) is 12.1. The van der Waals surface area contributed by atoms with Crippen LogP contribution in [-0.4, -0.2) is 48.8 Å². The van der Waals surface area contributed by atoms with Crippen LogP contribution in [0.3, 0.4) is 0 Å². The maximum absolute atomic E-state index is 12.3. The minimum Gasteiger partial charge on any atom is -0.480 e. The van der Waals surface area contributed by atoms with E-state index in [-0.39, 0.29) is 24.7 Å². The zero-order chi connectivity index (χ0) is 15.5. The third-order valence-electron chi connectivity index (χ3n) is 3.48. The Bertz CT molecular complexity index is 523. The number of carboxylic acids is 1. The van der Waals surface area contributed by atoms with Gasteiger partial charge in [0.2, 0.25) is 0 Å². The summed E-state index contributed by atoms with van der Waals surface area (Å²) in [6.45, 7) is 4.75. The summed E-state index contributed by atoms with van der Waals surface area (Å²) in [5.74, 6) is -1.41. The predicted molar refractivity (Wildman–Crippen MR) is 78.4 cm³/mol. The molecule has 0 aromatic heterocycles. The van der Waals surface area contributed by atoms with Crippen LogP contribution in [0.4, 0.5) is 5.69 Å². The molecule has 2 N–H and O–H groups in total. The molecule has 1 amide bonds. The molecule has 1 aliphatic heterocycles. The average molecular weight is 292 g/mol. The minimum absolute atomic E-state index is 0.126. The maximum atomic E-state index is 12.3. The van der Waals surface area contributed by atoms with E-state index < -0.39 is 5.97 Å². The smallest absolute Gasteiger partial charge is 0.323 e. The number of hydrogen-bond acceptors (Lipinski definition) is 4. The van der Waals surface area contributed by atoms with Gasteiger partial charge in [-0.1, -0.05) is 17.7 Å². The molecule has 0 aliphatic carbocycles. The van der Waals surface area contributed by atoms with Gasteiger partial charge in [-0.25, -0.2) is 0 Å². The first-order valence-electron chi connectivity index (χ1n) is 6.83. The van der Waals surface area contributed by atoms with Crippen molar-refractivity contribution in [1.29, 1.82) is 0 Å². The molecular formula is C15H20N2O4. The van der Waals surface area contributed by atoms with Crippen molar-refractivity contribution in [2.24, 2.45) is 0 Å². The summed E-state index contributed by atoms with van der Waals surface area (Å²) >= 11 is 0. The fourth-order valence-corrected chi connectivity index (χ4v) is 2.08. The second-order valence-corrected chi connectivity index (χ2v) is 5.55. The number of ether oxygens (including phenoxy) is 1. The van der Waals surface area contributed by atoms with Crippen molar-refractivity contribution < 1.29 is 19.4 Å². The van der Waals surface area contributed by atoms with E-state index in [9.17, 15) is 9.59 Å². The van der Waals surface area contributed by atoms with Crippen LogP contribution in [0, 0.1) is 6.92 Å². The molecule has 6 nitrogen and oxygen atoms in total. The lowest BCUT2D eigenvalue weighted by atomic mass is 10.0. The van der Waals surface area contributed by atoms with Crippen molar-refractivity contribution in [3.05, 3.63) is 29.8 Å². The summed E-state index contributed by atoms with van der Waals surface area (Å²) in [6, 6.07) is 7.16. The van der Waals surface area contributed by atoms with Gasteiger partial charge in [-0.3, -0.25) is 14.5 Å². The molecular weight excluding hydrogens is 272 g/mol. The van der Waals surface area contributed by atoms with Crippen LogP contribution in [0.25, 0.3) is 0 Å². The molecule has 0 unspecified atom stereocenters. The van der Waals surface area contributed by atoms with E-state index in [0.29, 0.717) is 18.8 Å². The number of aryl methyl sites for hydroxylation is 1. The van der Waals surface area contributed by atoms with Crippen molar-refractivity contribution in [2.45, 2.75) is 19.4 Å². The van der Waals surface area contributed by atoms with Gasteiger partial charge in [0.1, 0.15) is 13.2 Å². The monoisotopic (exact) mass is 292 g/mol. The van der Waals surface area contributed by atoms with Gasteiger partial charge in [0.25, 0.3) is 5.91 Å². The van der Waals surface area contributed by atoms with Crippen LogP contribution in [0.2, 0.25) is 0 Å². The molecule has 1 heterocycles. The Morgan fingerprint density at radius 3 is 2.43 bits per heavy atom. The van der Waals surface area contributed by atoms with Crippen molar-refractivity contribution in [3.8, 4) is 0 Å². The maximum Gasteiger partial charge on any atom is 0.323 e. The highest BCUT2D eigenvalue weighted by molar-refractivity contribution is 5.98. The fraction of sp³-hybridized carbons (Fsp3) is 0.467. The zero-order valence-corrected chi connectivity index (χ0v) is 12.3. The number of hydrogen-bond donors (Lipinski definition) is 2. The van der Waals surface area contributed by atoms with Gasteiger partial charge in [-0.05, 0) is 26.0 Å². The van der Waals surface area contributed by atoms with Gasteiger partial charge in [-0.2, -0.15) is 0 Å². The Hall–Kier alpha value is -1.92. The molecule has 1 saturated heterocycles. The molecule has 1 aliphatic rings. The van der Waals surface area contributed by atoms with Crippen LogP contribution < -0.4 is 10.2 Å². The predicted octanol–water partition coefficient (Wildman–Crippen LogP) is 0.791. The molecule has 6 heteroatoms. The second kappa shape index (κ2) is 6.24. The molecule has 0 bridgehead atoms. The van der Waals surface area contributed by atoms with Crippen LogP contribution in [0.15, 0.2) is 24.3 Å². The number of nitrogens with one attached hydrogen (secondary N) is 1. The number of anilines is 1. The van der Waals surface area contributed by atoms with E-state index in [2.05, 4.69) is 5.32 Å². The molecule has 1 aromatic rings. The molecule has 0 saturated carbocycles. The van der Waals surface area contributed by atoms with Crippen molar-refractivity contribution in [2.75, 3.05) is 31.1 Å². The molecule has 114 valence electrons. The Morgan fingerprint density at radius 2 is 1.95 bits per heavy atom. The lowest BCUT2D eigenvalue weighted by molar-refractivity contribution is -0.139. The SMILES string of the molecule is Cc1ccc(N(CC(=O)O)C(=O)COC2(C)CNC2)cc1. The van der Waals surface area contributed by atoms with E-state index in [0.717, 1.165) is 5.56 Å². The Balaban J connectivity index is 2.05. The number of amides is 1. The standard InChI is InChI=1S/C15H20N2O4/c1-11-3-5-12(6-4-11)17(7-14(19)20)13(18)8-21-15(2)9-16-10-15/h3-6,16H,7-10H2,1-2H3,(H,19,20). The Labute approximate surface area is 123 Å². The average Bonchev–Trinajstić information content (AvgIpc) is 2.41. The van der Waals surface area contributed by atoms with Crippen LogP contribution in [0.5, 0.6) is 0 Å². The Morgan fingerprint density at radius 1 is 1.33 bits per heavy atom. The molecule has 1 fully saturated rings. The largest absolute Gasteiger partial charge is 0.480 e. The molecule has 1 aromatic carbocycles. The zero-order valence-electron chi connectivity index (χ0n) is 12.3. The second-order valence-electron chi connectivity index (χ2n) is 5.55. The highest BCUT2D eigenvalue weighted by Crippen LogP contribution is 2.18. The molecule has 21 heavy (non-hydrogen) atoms. The lowest BCUT2D eigenvalue weighted by Crippen LogP contribution is -2.59. The van der Waals surface area contributed by atoms with E-state index in [1.54, 1.807) is 12.1 Å². The topological polar surface area (TPSA) is 78.9 Å². The van der Waals surface area contributed by atoms with Crippen molar-refractivity contribution >= 4 is 17.6 Å². The molecule has 0 atom stereocenters. The number of rotatable bonds is 6. The van der Waals surface area contributed by atoms with Gasteiger partial charge in [-0.15, -0.1) is 0 Å². The lowest BCUT2D eigenvalue weighted by Gasteiger charge is -2.39. The summed E-state index contributed by atoms with van der Waals surface area (Å²) in [5.41, 5.74) is 1.27. The van der Waals surface area contributed by atoms with E-state index in [1.807, 2.05) is 26.0 Å². The van der Waals surface area contributed by atoms with Crippen molar-refractivity contribution in [3.63, 3.8) is 0 Å². The number of nitrogens with zero attached hydrogens (tertiary/aromatic N) is 1. The number of carbonyl (C=O) groups excluding carboxylic acids is 1. The first-order valence-corrected chi connectivity index (χ1v) is 6.83. The molecule has 0 radical (unpaired) electrons.